The fourth-order valence-corrected chi connectivity index (χ4v) is 5.34. The summed E-state index contributed by atoms with van der Waals surface area (Å²) < 4.78 is 34.3. The van der Waals surface area contributed by atoms with Crippen LogP contribution in [0, 0.1) is 0 Å². The molecule has 0 radical (unpaired) electrons. The first-order valence-electron chi connectivity index (χ1n) is 13.4. The molecule has 0 aliphatic carbocycles. The zero-order valence-electron chi connectivity index (χ0n) is 24.6. The van der Waals surface area contributed by atoms with E-state index in [2.05, 4.69) is 5.32 Å². The van der Waals surface area contributed by atoms with Crippen LogP contribution in [0.15, 0.2) is 84.9 Å². The standard InChI is InChI=1S/C31H40N4O5S/c1-31(2,3)32-30(37)28(21-24-14-9-7-10-15-24)34(22-25-16-13-19-27(20-25)40-6)29(36)23-35(41(38,39)33(4)5)26-17-11-8-12-18-26/h7-20,28H,21-23H2,1-6H3,(H,32,37). The van der Waals surface area contributed by atoms with Crippen molar-refractivity contribution in [1.29, 1.82) is 0 Å². The van der Waals surface area contributed by atoms with Gasteiger partial charge in [0.1, 0.15) is 18.3 Å². The molecular formula is C31H40N4O5S. The molecule has 0 aliphatic rings. The van der Waals surface area contributed by atoms with E-state index in [0.29, 0.717) is 11.4 Å². The first kappa shape index (κ1) is 31.6. The molecule has 3 aromatic carbocycles. The van der Waals surface area contributed by atoms with Gasteiger partial charge in [-0.2, -0.15) is 12.7 Å². The summed E-state index contributed by atoms with van der Waals surface area (Å²) in [5.41, 5.74) is 1.39. The molecule has 0 bridgehead atoms. The normalized spacial score (nSPS) is 12.5. The van der Waals surface area contributed by atoms with Crippen molar-refractivity contribution in [2.75, 3.05) is 32.1 Å². The number of ether oxygens (including phenoxy) is 1. The molecule has 3 aromatic rings. The molecule has 1 N–H and O–H groups in total. The van der Waals surface area contributed by atoms with Crippen molar-refractivity contribution in [2.24, 2.45) is 0 Å². The Morgan fingerprint density at radius 1 is 0.878 bits per heavy atom. The van der Waals surface area contributed by atoms with Crippen molar-refractivity contribution in [2.45, 2.75) is 45.3 Å². The molecule has 1 atom stereocenters. The highest BCUT2D eigenvalue weighted by molar-refractivity contribution is 7.90. The zero-order chi connectivity index (χ0) is 30.2. The summed E-state index contributed by atoms with van der Waals surface area (Å²) >= 11 is 0. The van der Waals surface area contributed by atoms with Crippen LogP contribution in [-0.2, 0) is 32.8 Å². The van der Waals surface area contributed by atoms with Gasteiger partial charge in [-0.25, -0.2) is 4.31 Å². The highest BCUT2D eigenvalue weighted by Gasteiger charge is 2.35. The Labute approximate surface area is 243 Å². The summed E-state index contributed by atoms with van der Waals surface area (Å²) in [5, 5.41) is 3.02. The highest BCUT2D eigenvalue weighted by atomic mass is 32.2. The fourth-order valence-electron chi connectivity index (χ4n) is 4.29. The minimum absolute atomic E-state index is 0.0652. The number of amides is 2. The van der Waals surface area contributed by atoms with Gasteiger partial charge in [0.25, 0.3) is 0 Å². The molecular weight excluding hydrogens is 540 g/mol. The van der Waals surface area contributed by atoms with Gasteiger partial charge in [-0.3, -0.25) is 9.59 Å². The van der Waals surface area contributed by atoms with Gasteiger partial charge in [0.15, 0.2) is 0 Å². The van der Waals surface area contributed by atoms with Crippen LogP contribution in [0.5, 0.6) is 5.75 Å². The minimum atomic E-state index is -4.04. The Bertz CT molecular complexity index is 1410. The molecule has 1 unspecified atom stereocenters. The first-order chi connectivity index (χ1) is 19.3. The number of carbonyl (C=O) groups is 2. The molecule has 3 rings (SSSR count). The average Bonchev–Trinajstić information content (AvgIpc) is 2.93. The van der Waals surface area contributed by atoms with E-state index in [9.17, 15) is 18.0 Å². The quantitative estimate of drug-likeness (QED) is 0.351. The predicted octanol–water partition coefficient (Wildman–Crippen LogP) is 3.86. The van der Waals surface area contributed by atoms with Gasteiger partial charge in [-0.05, 0) is 56.2 Å². The lowest BCUT2D eigenvalue weighted by Crippen LogP contribution is -2.56. The molecule has 0 aliphatic heterocycles. The predicted molar refractivity (Wildman–Crippen MR) is 162 cm³/mol. The minimum Gasteiger partial charge on any atom is -0.497 e. The van der Waals surface area contributed by atoms with Crippen LogP contribution in [0.3, 0.4) is 0 Å². The third-order valence-electron chi connectivity index (χ3n) is 6.32. The van der Waals surface area contributed by atoms with Crippen molar-refractivity contribution in [1.82, 2.24) is 14.5 Å². The second kappa shape index (κ2) is 13.6. The van der Waals surface area contributed by atoms with E-state index in [1.165, 1.54) is 19.0 Å². The van der Waals surface area contributed by atoms with E-state index in [-0.39, 0.29) is 18.9 Å². The van der Waals surface area contributed by atoms with Crippen LogP contribution in [0.25, 0.3) is 0 Å². The second-order valence-corrected chi connectivity index (χ2v) is 13.0. The zero-order valence-corrected chi connectivity index (χ0v) is 25.4. The van der Waals surface area contributed by atoms with Gasteiger partial charge in [0, 0.05) is 32.6 Å². The molecule has 0 spiro atoms. The van der Waals surface area contributed by atoms with Gasteiger partial charge >= 0.3 is 10.2 Å². The van der Waals surface area contributed by atoms with Crippen LogP contribution < -0.4 is 14.4 Å². The van der Waals surface area contributed by atoms with Crippen molar-refractivity contribution < 1.29 is 22.7 Å². The maximum absolute atomic E-state index is 14.2. The molecule has 0 aromatic heterocycles. The van der Waals surface area contributed by atoms with Crippen LogP contribution in [0.1, 0.15) is 31.9 Å². The number of para-hydroxylation sites is 1. The number of hydrogen-bond acceptors (Lipinski definition) is 5. The van der Waals surface area contributed by atoms with Crippen molar-refractivity contribution >= 4 is 27.7 Å². The molecule has 0 saturated carbocycles. The number of rotatable bonds is 12. The maximum Gasteiger partial charge on any atom is 0.304 e. The van der Waals surface area contributed by atoms with E-state index < -0.39 is 34.2 Å². The summed E-state index contributed by atoms with van der Waals surface area (Å²) in [6.45, 7) is 5.19. The average molecular weight is 581 g/mol. The highest BCUT2D eigenvalue weighted by Crippen LogP contribution is 2.23. The molecule has 41 heavy (non-hydrogen) atoms. The summed E-state index contributed by atoms with van der Waals surface area (Å²) in [6, 6.07) is 24.2. The van der Waals surface area contributed by atoms with Crippen molar-refractivity contribution in [3.63, 3.8) is 0 Å². The Morgan fingerprint density at radius 3 is 2.02 bits per heavy atom. The van der Waals surface area contributed by atoms with Gasteiger partial charge in [0.05, 0.1) is 12.8 Å². The van der Waals surface area contributed by atoms with E-state index >= 15 is 0 Å². The smallest absolute Gasteiger partial charge is 0.304 e. The topological polar surface area (TPSA) is 99.3 Å². The van der Waals surface area contributed by atoms with Crippen LogP contribution in [0.4, 0.5) is 5.69 Å². The number of nitrogens with zero attached hydrogens (tertiary/aromatic N) is 3. The number of hydrogen-bond donors (Lipinski definition) is 1. The Balaban J connectivity index is 2.11. The third kappa shape index (κ3) is 8.80. The second-order valence-electron chi connectivity index (χ2n) is 11.0. The van der Waals surface area contributed by atoms with Crippen LogP contribution in [0.2, 0.25) is 0 Å². The summed E-state index contributed by atoms with van der Waals surface area (Å²) in [6.07, 6.45) is 0.240. The van der Waals surface area contributed by atoms with Gasteiger partial charge in [0.2, 0.25) is 11.8 Å². The van der Waals surface area contributed by atoms with E-state index in [1.807, 2.05) is 63.2 Å². The summed E-state index contributed by atoms with van der Waals surface area (Å²) in [7, 11) is 0.348. The molecule has 9 nitrogen and oxygen atoms in total. The van der Waals surface area contributed by atoms with Crippen LogP contribution in [-0.4, -0.2) is 68.8 Å². The van der Waals surface area contributed by atoms with Crippen molar-refractivity contribution in [3.8, 4) is 5.75 Å². The number of nitrogens with one attached hydrogen (secondary N) is 1. The Hall–Kier alpha value is -3.89. The van der Waals surface area contributed by atoms with E-state index in [1.54, 1.807) is 49.6 Å². The number of benzene rings is 3. The Morgan fingerprint density at radius 2 is 1.46 bits per heavy atom. The number of methoxy groups -OCH3 is 1. The lowest BCUT2D eigenvalue weighted by molar-refractivity contribution is -0.140. The number of carbonyl (C=O) groups excluding carboxylic acids is 2. The van der Waals surface area contributed by atoms with E-state index in [0.717, 1.165) is 19.7 Å². The first-order valence-corrected chi connectivity index (χ1v) is 14.7. The molecule has 2 amide bonds. The monoisotopic (exact) mass is 580 g/mol. The van der Waals surface area contributed by atoms with Crippen LogP contribution >= 0.6 is 0 Å². The largest absolute Gasteiger partial charge is 0.497 e. The lowest BCUT2D eigenvalue weighted by atomic mass is 10.0. The summed E-state index contributed by atoms with van der Waals surface area (Å²) in [4.78, 5) is 29.5. The van der Waals surface area contributed by atoms with E-state index in [4.69, 9.17) is 4.74 Å². The molecule has 220 valence electrons. The maximum atomic E-state index is 14.2. The molecule has 0 fully saturated rings. The fraction of sp³-hybridized carbons (Fsp3) is 0.355. The van der Waals surface area contributed by atoms with Gasteiger partial charge in [-0.1, -0.05) is 60.7 Å². The SMILES string of the molecule is COc1cccc(CN(C(=O)CN(c2ccccc2)S(=O)(=O)N(C)C)C(Cc2ccccc2)C(=O)NC(C)(C)C)c1. The van der Waals surface area contributed by atoms with Crippen molar-refractivity contribution in [3.05, 3.63) is 96.1 Å². The summed E-state index contributed by atoms with van der Waals surface area (Å²) in [5.74, 6) is -0.249. The third-order valence-corrected chi connectivity index (χ3v) is 8.14. The molecule has 10 heteroatoms. The number of anilines is 1. The Kier molecular flexibility index (Phi) is 10.5. The van der Waals surface area contributed by atoms with Gasteiger partial charge < -0.3 is 15.0 Å². The molecule has 0 heterocycles. The van der Waals surface area contributed by atoms with Gasteiger partial charge in [-0.15, -0.1) is 0 Å². The molecule has 0 saturated heterocycles. The lowest BCUT2D eigenvalue weighted by Gasteiger charge is -2.35.